The molecule has 0 heterocycles. The van der Waals surface area contributed by atoms with E-state index in [0.29, 0.717) is 13.1 Å². The van der Waals surface area contributed by atoms with Crippen LogP contribution in [-0.2, 0) is 6.54 Å². The first-order chi connectivity index (χ1) is 8.27. The number of benzene rings is 1. The largest absolute Gasteiger partial charge is 0.395 e. The third-order valence-corrected chi connectivity index (χ3v) is 2.25. The molecule has 0 aliphatic heterocycles. The molecule has 2 amide bonds. The number of aliphatic hydroxyl groups is 1. The smallest absolute Gasteiger partial charge is 0.321 e. The predicted molar refractivity (Wildman–Crippen MR) is 67.3 cm³/mol. The van der Waals surface area contributed by atoms with Crippen LogP contribution in [0.25, 0.3) is 0 Å². The lowest BCUT2D eigenvalue weighted by molar-refractivity contribution is 0.177. The predicted octanol–water partition coefficient (Wildman–Crippen LogP) is 1.72. The van der Waals surface area contributed by atoms with Gasteiger partial charge in [-0.05, 0) is 12.5 Å². The average molecular weight is 234 g/mol. The fraction of sp³-hybridized carbons (Fsp3) is 0.308. The zero-order valence-electron chi connectivity index (χ0n) is 9.97. The summed E-state index contributed by atoms with van der Waals surface area (Å²) in [5.41, 5.74) is 1.04. The third-order valence-electron chi connectivity index (χ3n) is 2.25. The molecule has 1 aromatic carbocycles. The van der Waals surface area contributed by atoms with Crippen molar-refractivity contribution in [1.29, 1.82) is 0 Å². The van der Waals surface area contributed by atoms with E-state index in [1.54, 1.807) is 17.2 Å². The Kier molecular flexibility index (Phi) is 5.82. The molecule has 0 saturated heterocycles. The quantitative estimate of drug-likeness (QED) is 0.815. The number of hydrogen-bond donors (Lipinski definition) is 2. The van der Waals surface area contributed by atoms with E-state index in [0.717, 1.165) is 5.56 Å². The second-order valence-corrected chi connectivity index (χ2v) is 3.58. The Morgan fingerprint density at radius 1 is 1.41 bits per heavy atom. The van der Waals surface area contributed by atoms with E-state index in [9.17, 15) is 4.79 Å². The monoisotopic (exact) mass is 234 g/mol. The Labute approximate surface area is 102 Å². The number of nitrogens with one attached hydrogen (secondary N) is 1. The molecule has 2 N–H and O–H groups in total. The summed E-state index contributed by atoms with van der Waals surface area (Å²) in [5, 5.41) is 11.6. The first-order valence-corrected chi connectivity index (χ1v) is 5.59. The molecule has 0 saturated carbocycles. The van der Waals surface area contributed by atoms with E-state index in [2.05, 4.69) is 5.32 Å². The third kappa shape index (κ3) is 4.70. The van der Waals surface area contributed by atoms with E-state index < -0.39 is 0 Å². The Morgan fingerprint density at radius 2 is 2.12 bits per heavy atom. The van der Waals surface area contributed by atoms with Gasteiger partial charge in [0.05, 0.1) is 6.61 Å². The van der Waals surface area contributed by atoms with Crippen LogP contribution in [0.3, 0.4) is 0 Å². The van der Waals surface area contributed by atoms with Crippen LogP contribution in [0.4, 0.5) is 4.79 Å². The van der Waals surface area contributed by atoms with Gasteiger partial charge in [-0.25, -0.2) is 4.79 Å². The highest BCUT2D eigenvalue weighted by atomic mass is 16.3. The number of amides is 2. The maximum atomic E-state index is 11.7. The molecule has 1 rings (SSSR count). The van der Waals surface area contributed by atoms with Gasteiger partial charge in [0.1, 0.15) is 0 Å². The lowest BCUT2D eigenvalue weighted by Crippen LogP contribution is -2.38. The number of nitrogens with zero attached hydrogens (tertiary/aromatic N) is 1. The van der Waals surface area contributed by atoms with Crippen molar-refractivity contribution in [2.24, 2.45) is 0 Å². The Balaban J connectivity index is 2.62. The molecule has 17 heavy (non-hydrogen) atoms. The van der Waals surface area contributed by atoms with Gasteiger partial charge < -0.3 is 15.3 Å². The molecule has 0 spiro atoms. The van der Waals surface area contributed by atoms with Crippen LogP contribution in [0.5, 0.6) is 0 Å². The van der Waals surface area contributed by atoms with Gasteiger partial charge in [-0.3, -0.25) is 0 Å². The summed E-state index contributed by atoms with van der Waals surface area (Å²) in [6.07, 6.45) is 3.33. The topological polar surface area (TPSA) is 52.6 Å². The molecule has 0 aliphatic carbocycles. The number of urea groups is 1. The van der Waals surface area contributed by atoms with Crippen LogP contribution in [0.2, 0.25) is 0 Å². The molecule has 0 aliphatic rings. The lowest BCUT2D eigenvalue weighted by Gasteiger charge is -2.21. The lowest BCUT2D eigenvalue weighted by atomic mass is 10.2. The van der Waals surface area contributed by atoms with E-state index >= 15 is 0 Å². The Hall–Kier alpha value is -1.81. The Bertz CT molecular complexity index is 363. The van der Waals surface area contributed by atoms with Gasteiger partial charge in [-0.2, -0.15) is 0 Å². The van der Waals surface area contributed by atoms with E-state index in [1.165, 1.54) is 0 Å². The summed E-state index contributed by atoms with van der Waals surface area (Å²) in [5.74, 6) is 0. The van der Waals surface area contributed by atoms with Crippen LogP contribution < -0.4 is 5.32 Å². The van der Waals surface area contributed by atoms with Gasteiger partial charge in [0, 0.05) is 19.3 Å². The molecule has 0 aromatic heterocycles. The molecule has 0 unspecified atom stereocenters. The summed E-state index contributed by atoms with van der Waals surface area (Å²) in [6, 6.07) is 9.48. The van der Waals surface area contributed by atoms with Crippen molar-refractivity contribution in [1.82, 2.24) is 10.2 Å². The fourth-order valence-electron chi connectivity index (χ4n) is 1.42. The van der Waals surface area contributed by atoms with E-state index in [1.807, 2.05) is 37.3 Å². The average Bonchev–Trinajstić information content (AvgIpc) is 2.36. The minimum absolute atomic E-state index is 0.0455. The SMILES string of the molecule is C/C=C/NC(=O)N(CCO)Cc1ccccc1. The van der Waals surface area contributed by atoms with E-state index in [-0.39, 0.29) is 12.6 Å². The second kappa shape index (κ2) is 7.46. The van der Waals surface area contributed by atoms with Crippen molar-refractivity contribution in [2.75, 3.05) is 13.2 Å². The van der Waals surface area contributed by atoms with Gasteiger partial charge in [0.25, 0.3) is 0 Å². The highest BCUT2D eigenvalue weighted by molar-refractivity contribution is 5.75. The van der Waals surface area contributed by atoms with Crippen molar-refractivity contribution in [3.63, 3.8) is 0 Å². The van der Waals surface area contributed by atoms with Crippen molar-refractivity contribution in [3.05, 3.63) is 48.2 Å². The number of allylic oxidation sites excluding steroid dienone is 1. The summed E-state index contributed by atoms with van der Waals surface area (Å²) < 4.78 is 0. The molecular formula is C13H18N2O2. The molecule has 0 bridgehead atoms. The van der Waals surface area contributed by atoms with Crippen molar-refractivity contribution in [3.8, 4) is 0 Å². The second-order valence-electron chi connectivity index (χ2n) is 3.58. The molecule has 0 fully saturated rings. The molecule has 0 radical (unpaired) electrons. The first kappa shape index (κ1) is 13.3. The van der Waals surface area contributed by atoms with Gasteiger partial charge >= 0.3 is 6.03 Å². The van der Waals surface area contributed by atoms with Gasteiger partial charge in [-0.1, -0.05) is 36.4 Å². The van der Waals surface area contributed by atoms with Crippen molar-refractivity contribution >= 4 is 6.03 Å². The molecule has 4 heteroatoms. The summed E-state index contributed by atoms with van der Waals surface area (Å²) >= 11 is 0. The molecule has 0 atom stereocenters. The van der Waals surface area contributed by atoms with Crippen LogP contribution in [0, 0.1) is 0 Å². The van der Waals surface area contributed by atoms with Crippen molar-refractivity contribution < 1.29 is 9.90 Å². The van der Waals surface area contributed by atoms with E-state index in [4.69, 9.17) is 5.11 Å². The fourth-order valence-corrected chi connectivity index (χ4v) is 1.42. The molecule has 92 valence electrons. The maximum Gasteiger partial charge on any atom is 0.321 e. The van der Waals surface area contributed by atoms with Crippen LogP contribution in [0.1, 0.15) is 12.5 Å². The maximum absolute atomic E-state index is 11.7. The van der Waals surface area contributed by atoms with Crippen LogP contribution in [-0.4, -0.2) is 29.2 Å². The molecular weight excluding hydrogens is 216 g/mol. The zero-order chi connectivity index (χ0) is 12.5. The summed E-state index contributed by atoms with van der Waals surface area (Å²) in [6.45, 7) is 2.59. The highest BCUT2D eigenvalue weighted by Gasteiger charge is 2.11. The molecule has 1 aromatic rings. The highest BCUT2D eigenvalue weighted by Crippen LogP contribution is 2.04. The number of aliphatic hydroxyl groups excluding tert-OH is 1. The standard InChI is InChI=1S/C13H18N2O2/c1-2-8-14-13(17)15(9-10-16)11-12-6-4-3-5-7-12/h2-8,16H,9-11H2,1H3,(H,14,17)/b8-2+. The van der Waals surface area contributed by atoms with Crippen LogP contribution >= 0.6 is 0 Å². The minimum Gasteiger partial charge on any atom is -0.395 e. The minimum atomic E-state index is -0.207. The Morgan fingerprint density at radius 3 is 2.71 bits per heavy atom. The molecule has 4 nitrogen and oxygen atoms in total. The number of hydrogen-bond acceptors (Lipinski definition) is 2. The number of rotatable bonds is 5. The van der Waals surface area contributed by atoms with Gasteiger partial charge in [0.15, 0.2) is 0 Å². The van der Waals surface area contributed by atoms with Crippen molar-refractivity contribution in [2.45, 2.75) is 13.5 Å². The number of carbonyl (C=O) groups excluding carboxylic acids is 1. The van der Waals surface area contributed by atoms with Gasteiger partial charge in [-0.15, -0.1) is 0 Å². The zero-order valence-corrected chi connectivity index (χ0v) is 9.97. The summed E-state index contributed by atoms with van der Waals surface area (Å²) in [4.78, 5) is 13.3. The normalized spacial score (nSPS) is 10.5. The number of carbonyl (C=O) groups is 1. The van der Waals surface area contributed by atoms with Gasteiger partial charge in [0.2, 0.25) is 0 Å². The first-order valence-electron chi connectivity index (χ1n) is 5.59. The van der Waals surface area contributed by atoms with Crippen LogP contribution in [0.15, 0.2) is 42.6 Å². The summed E-state index contributed by atoms with van der Waals surface area (Å²) in [7, 11) is 0.